The van der Waals surface area contributed by atoms with Crippen molar-refractivity contribution in [3.63, 3.8) is 0 Å². The van der Waals surface area contributed by atoms with E-state index in [0.29, 0.717) is 0 Å². The van der Waals surface area contributed by atoms with E-state index >= 15 is 0 Å². The van der Waals surface area contributed by atoms with Crippen LogP contribution in [-0.2, 0) is 0 Å². The lowest BCUT2D eigenvalue weighted by atomic mass is 9.96. The van der Waals surface area contributed by atoms with E-state index in [1.165, 1.54) is 110 Å². The van der Waals surface area contributed by atoms with Crippen LogP contribution in [0, 0.1) is 0 Å². The maximum Gasteiger partial charge on any atom is 0.194 e. The smallest absolute Gasteiger partial charge is 0.194 e. The number of nitrogens with zero attached hydrogens (tertiary/aromatic N) is 14. The predicted molar refractivity (Wildman–Crippen MR) is 567 cm³/mol. The second-order valence-electron chi connectivity index (χ2n) is 34.4. The summed E-state index contributed by atoms with van der Waals surface area (Å²) in [5.41, 5.74) is 37.3. The van der Waals surface area contributed by atoms with E-state index in [0.717, 1.165) is 143 Å². The second-order valence-corrected chi connectivity index (χ2v) is 37.9. The number of para-hydroxylation sites is 6. The number of aromatic nitrogens is 14. The summed E-state index contributed by atoms with van der Waals surface area (Å²) in [5, 5.41) is 18.2. The first-order valence-electron chi connectivity index (χ1n) is 45.2. The fourth-order valence-corrected chi connectivity index (χ4v) is 23.5. The van der Waals surface area contributed by atoms with Crippen molar-refractivity contribution >= 4 is 197 Å². The maximum absolute atomic E-state index is 5.30. The summed E-state index contributed by atoms with van der Waals surface area (Å²) in [6.07, 6.45) is 10.3. The first-order valence-corrected chi connectivity index (χ1v) is 48.7. The minimum atomic E-state index is 0.893. The number of rotatable bonds is 11. The summed E-state index contributed by atoms with van der Waals surface area (Å²) in [4.78, 5) is 33.1. The molecule has 14 heterocycles. The predicted octanol–water partition coefficient (Wildman–Crippen LogP) is 31.4. The van der Waals surface area contributed by atoms with Gasteiger partial charge in [0.15, 0.2) is 19.8 Å². The Bertz CT molecular complexity index is 9430. The Morgan fingerprint density at radius 2 is 0.471 bits per heavy atom. The molecule has 0 N–H and O–H groups in total. The molecule has 30 rings (SSSR count). The minimum absolute atomic E-state index is 0.893. The zero-order valence-electron chi connectivity index (χ0n) is 72.5. The Labute approximate surface area is 791 Å². The van der Waals surface area contributed by atoms with Crippen molar-refractivity contribution < 1.29 is 0 Å². The summed E-state index contributed by atoms with van der Waals surface area (Å²) in [5.74, 6) is 0.893. The lowest BCUT2D eigenvalue weighted by molar-refractivity contribution is 1.08. The normalized spacial score (nSPS) is 12.0. The van der Waals surface area contributed by atoms with Crippen LogP contribution >= 0.6 is 45.3 Å². The van der Waals surface area contributed by atoms with Gasteiger partial charge in [0, 0.05) is 124 Å². The third kappa shape index (κ3) is 12.7. The quantitative estimate of drug-likeness (QED) is 0.127. The molecule has 0 aliphatic rings. The molecule has 0 bridgehead atoms. The van der Waals surface area contributed by atoms with E-state index in [1.54, 1.807) is 45.3 Å². The lowest BCUT2D eigenvalue weighted by Gasteiger charge is -2.12. The molecule has 14 aromatic heterocycles. The van der Waals surface area contributed by atoms with Crippen LogP contribution in [-0.4, -0.2) is 65.8 Å². The number of pyridine rings is 2. The van der Waals surface area contributed by atoms with Gasteiger partial charge in [0.25, 0.3) is 0 Å². The molecular formula is C118H72N14S4. The van der Waals surface area contributed by atoms with Gasteiger partial charge in [-0.1, -0.05) is 206 Å². The Balaban J connectivity index is 0.000000103. The van der Waals surface area contributed by atoms with E-state index < -0.39 is 0 Å². The topological polar surface area (TPSA) is 115 Å². The summed E-state index contributed by atoms with van der Waals surface area (Å²) in [6.45, 7) is 0. The highest BCUT2D eigenvalue weighted by Crippen LogP contribution is 2.44. The second kappa shape index (κ2) is 31.2. The van der Waals surface area contributed by atoms with Gasteiger partial charge in [-0.05, 0) is 232 Å². The number of thiazole rings is 4. The summed E-state index contributed by atoms with van der Waals surface area (Å²) in [6, 6.07) is 138. The molecule has 0 aliphatic heterocycles. The van der Waals surface area contributed by atoms with Crippen molar-refractivity contribution in [2.75, 3.05) is 0 Å². The number of hydrogen-bond donors (Lipinski definition) is 0. The van der Waals surface area contributed by atoms with Crippen LogP contribution < -0.4 is 0 Å². The molecule has 0 atom stereocenters. The SMILES string of the molecule is c1cc(-c2ccc3nc4sccn4c3c2)cc(-c2cccc(-n3c4ccccc4c4cc(-n5c6ccccc6c6ccccc65)ccc43)n2)c1.c1cc(-c2cccc(-c3ccc4nc5sccn5c4c3)c2)cc(-c2ccc3nc4sccn4c3c2)c1.c1cc(-c2ccnc(-c3ccc4nc5sccn5c4c3)c2)cc(-n2c3ccccc3c3cc(-n4c5ccccc5c5ccccc54)ccc32)c1. The zero-order chi connectivity index (χ0) is 89.2. The van der Waals surface area contributed by atoms with Crippen LogP contribution in [0.4, 0.5) is 0 Å². The average Bonchev–Trinajstić information content (AvgIpc) is 1.57. The van der Waals surface area contributed by atoms with Crippen LogP contribution in [0.15, 0.2) is 435 Å². The third-order valence-corrected chi connectivity index (χ3v) is 29.9. The molecule has 0 aliphatic carbocycles. The molecule has 0 unspecified atom stereocenters. The Kier molecular flexibility index (Phi) is 17.8. The number of benzene rings is 16. The number of imidazole rings is 4. The van der Waals surface area contributed by atoms with Crippen molar-refractivity contribution in [2.45, 2.75) is 0 Å². The molecule has 0 fully saturated rings. The Morgan fingerprint density at radius 3 is 0.882 bits per heavy atom. The monoisotopic (exact) mass is 1810 g/mol. The largest absolute Gasteiger partial charge is 0.309 e. The Morgan fingerprint density at radius 1 is 0.176 bits per heavy atom. The molecule has 16 aromatic carbocycles. The zero-order valence-corrected chi connectivity index (χ0v) is 75.7. The maximum atomic E-state index is 5.30. The van der Waals surface area contributed by atoms with Gasteiger partial charge >= 0.3 is 0 Å². The van der Waals surface area contributed by atoms with Crippen molar-refractivity contribution in [3.05, 3.63) is 435 Å². The first-order chi connectivity index (χ1) is 67.4. The van der Waals surface area contributed by atoms with E-state index in [-0.39, 0.29) is 0 Å². The average molecular weight is 1810 g/mol. The van der Waals surface area contributed by atoms with Gasteiger partial charge in [-0.25, -0.2) is 24.9 Å². The van der Waals surface area contributed by atoms with Gasteiger partial charge in [-0.3, -0.25) is 27.2 Å². The van der Waals surface area contributed by atoms with Crippen LogP contribution in [0.1, 0.15) is 0 Å². The van der Waals surface area contributed by atoms with Gasteiger partial charge in [0.2, 0.25) is 0 Å². The van der Waals surface area contributed by atoms with E-state index in [2.05, 4.69) is 464 Å². The highest BCUT2D eigenvalue weighted by atomic mass is 32.1. The molecule has 638 valence electrons. The lowest BCUT2D eigenvalue weighted by Crippen LogP contribution is -1.99. The number of fused-ring (bicyclic) bond motifs is 24. The first kappa shape index (κ1) is 77.5. The molecule has 0 saturated heterocycles. The summed E-state index contributed by atoms with van der Waals surface area (Å²) < 4.78 is 18.1. The Hall–Kier alpha value is -17.3. The molecule has 0 saturated carbocycles. The highest BCUT2D eigenvalue weighted by Gasteiger charge is 2.23. The van der Waals surface area contributed by atoms with E-state index in [1.807, 2.05) is 6.20 Å². The molecule has 14 nitrogen and oxygen atoms in total. The molecular weight excluding hydrogens is 1740 g/mol. The van der Waals surface area contributed by atoms with Crippen LogP contribution in [0.2, 0.25) is 0 Å². The molecule has 18 heteroatoms. The fourth-order valence-electron chi connectivity index (χ4n) is 20.5. The molecule has 0 amide bonds. The van der Waals surface area contributed by atoms with Crippen LogP contribution in [0.25, 0.3) is 252 Å². The number of hydrogen-bond acceptors (Lipinski definition) is 10. The fraction of sp³-hybridized carbons (Fsp3) is 0. The third-order valence-electron chi connectivity index (χ3n) is 26.8. The van der Waals surface area contributed by atoms with Gasteiger partial charge in [-0.15, -0.1) is 45.3 Å². The molecule has 30 aromatic rings. The van der Waals surface area contributed by atoms with Crippen molar-refractivity contribution in [1.29, 1.82) is 0 Å². The molecule has 0 radical (unpaired) electrons. The summed E-state index contributed by atoms with van der Waals surface area (Å²) >= 11 is 6.63. The van der Waals surface area contributed by atoms with Crippen molar-refractivity contribution in [3.8, 4) is 101 Å². The van der Waals surface area contributed by atoms with Gasteiger partial charge in [-0.2, -0.15) is 0 Å². The van der Waals surface area contributed by atoms with Crippen LogP contribution in [0.5, 0.6) is 0 Å². The van der Waals surface area contributed by atoms with E-state index in [9.17, 15) is 0 Å². The summed E-state index contributed by atoms with van der Waals surface area (Å²) in [7, 11) is 0. The van der Waals surface area contributed by atoms with Gasteiger partial charge < -0.3 is 13.7 Å². The molecule has 0 spiro atoms. The molecule has 136 heavy (non-hydrogen) atoms. The van der Waals surface area contributed by atoms with Gasteiger partial charge in [0.1, 0.15) is 5.82 Å². The van der Waals surface area contributed by atoms with Gasteiger partial charge in [0.05, 0.1) is 99.7 Å². The van der Waals surface area contributed by atoms with E-state index in [4.69, 9.17) is 29.9 Å². The minimum Gasteiger partial charge on any atom is -0.309 e. The van der Waals surface area contributed by atoms with Crippen molar-refractivity contribution in [1.82, 2.24) is 65.8 Å². The van der Waals surface area contributed by atoms with Crippen molar-refractivity contribution in [2.24, 2.45) is 0 Å². The van der Waals surface area contributed by atoms with Crippen LogP contribution in [0.3, 0.4) is 0 Å². The standard InChI is InChI=1S/2C44H27N5S.C30H18N4S2/c1-4-15-38-32(11-1)33-12-2-5-16-39(33)48(38)31-20-22-41-35(27-31)34-13-3-6-17-40(34)49(41)43-18-8-14-36(45-43)30-10-7-9-28(25-30)29-19-21-37-42(26-29)47-23-24-50-44(47)46-37;1-4-13-39-33(10-1)34-11-2-5-14-40(34)49(39)32-17-19-42-36(27-32)35-12-3-6-15-41(35)48(42)31-9-7-8-28(24-31)29-20-21-45-38(25-29)30-16-18-37-43(26-30)47-22-23-50-44(47)46-37;1-3-19(15-21(5-1)23-7-9-25-27(17-23)33-11-13-35-29(33)31-25)20-4-2-6-22(16-20)24-8-10-26-28(18-24)34-12-14-36-30(34)32-26/h2*1-27H;1-18H. The highest BCUT2D eigenvalue weighted by molar-refractivity contribution is 7.16.